The predicted molar refractivity (Wildman–Crippen MR) is 168 cm³/mol. The Morgan fingerprint density at radius 1 is 0.955 bits per heavy atom. The van der Waals surface area contributed by atoms with Crippen LogP contribution >= 0.6 is 0 Å². The van der Waals surface area contributed by atoms with E-state index < -0.39 is 42.4 Å². The fourth-order valence-electron chi connectivity index (χ4n) is 5.52. The third-order valence-corrected chi connectivity index (χ3v) is 8.72. The van der Waals surface area contributed by atoms with E-state index in [1.807, 2.05) is 88.4 Å². The largest absolute Gasteiger partial charge is 0.481 e. The average Bonchev–Trinajstić information content (AvgIpc) is 3.57. The molecular formula is C33H46BN3O7. The Labute approximate surface area is 261 Å². The van der Waals surface area contributed by atoms with E-state index in [1.165, 1.54) is 0 Å². The molecule has 0 aromatic heterocycles. The molecule has 11 heteroatoms. The van der Waals surface area contributed by atoms with Gasteiger partial charge in [0.2, 0.25) is 11.8 Å². The summed E-state index contributed by atoms with van der Waals surface area (Å²) < 4.78 is 23.2. The third-order valence-electron chi connectivity index (χ3n) is 8.72. The molecule has 2 saturated heterocycles. The van der Waals surface area contributed by atoms with Gasteiger partial charge in [0.05, 0.1) is 17.1 Å². The molecule has 2 fully saturated rings. The number of nitrogens with one attached hydrogen (secondary N) is 2. The Morgan fingerprint density at radius 2 is 1.57 bits per heavy atom. The van der Waals surface area contributed by atoms with Crippen LogP contribution in [0.5, 0.6) is 0 Å². The molecule has 2 aliphatic heterocycles. The molecule has 2 aromatic rings. The summed E-state index contributed by atoms with van der Waals surface area (Å²) in [5.41, 5.74) is 0.617. The van der Waals surface area contributed by atoms with Gasteiger partial charge in [0.1, 0.15) is 18.7 Å². The number of ether oxygens (including phenoxy) is 2. The van der Waals surface area contributed by atoms with Crippen LogP contribution in [0.25, 0.3) is 0 Å². The summed E-state index contributed by atoms with van der Waals surface area (Å²) in [7, 11) is 1.00. The normalized spacial score (nSPS) is 20.2. The van der Waals surface area contributed by atoms with Crippen LogP contribution in [0, 0.1) is 0 Å². The maximum atomic E-state index is 14.0. The van der Waals surface area contributed by atoms with Crippen LogP contribution in [0.3, 0.4) is 0 Å². The second kappa shape index (κ2) is 15.1. The Kier molecular flexibility index (Phi) is 11.5. The standard InChI is InChI=1S/C33H46BN3O7/c1-32(2)33(3,4)44-34(43-32)28(19-13-21-41-5)36-29(38)27-18-12-20-37(27)30(39)26(22-24-14-8-6-9-15-24)35-31(40)42-23-25-16-10-7-11-17-25/h6-11,14-17,26-28H,12-13,18-23H2,1-5H3,(H,35,40)(H,36,38)/t26-,27-,28-/m0/s1. The maximum Gasteiger partial charge on any atom is 0.481 e. The Bertz CT molecular complexity index is 1230. The van der Waals surface area contributed by atoms with Crippen molar-refractivity contribution in [1.29, 1.82) is 0 Å². The number of nitrogens with zero attached hydrogens (tertiary/aromatic N) is 1. The minimum Gasteiger partial charge on any atom is -0.445 e. The van der Waals surface area contributed by atoms with Gasteiger partial charge in [-0.05, 0) is 64.5 Å². The lowest BCUT2D eigenvalue weighted by molar-refractivity contribution is -0.140. The molecule has 2 N–H and O–H groups in total. The first kappa shape index (κ1) is 33.5. The summed E-state index contributed by atoms with van der Waals surface area (Å²) in [4.78, 5) is 42.2. The highest BCUT2D eigenvalue weighted by Crippen LogP contribution is 2.38. The number of methoxy groups -OCH3 is 1. The van der Waals surface area contributed by atoms with Crippen LogP contribution in [-0.2, 0) is 41.4 Å². The van der Waals surface area contributed by atoms with Crippen molar-refractivity contribution in [3.05, 3.63) is 71.8 Å². The van der Waals surface area contributed by atoms with Crippen molar-refractivity contribution in [3.63, 3.8) is 0 Å². The first-order chi connectivity index (χ1) is 21.0. The van der Waals surface area contributed by atoms with Crippen LogP contribution < -0.4 is 10.6 Å². The fraction of sp³-hybridized carbons (Fsp3) is 0.545. The lowest BCUT2D eigenvalue weighted by Crippen LogP contribution is -2.57. The van der Waals surface area contributed by atoms with E-state index in [0.29, 0.717) is 38.8 Å². The SMILES string of the molecule is COCCC[C@H](NC(=O)[C@@H]1CCCN1C(=O)[C@H](Cc1ccccc1)NC(=O)OCc1ccccc1)B1OC(C)(C)C(C)(C)O1. The van der Waals surface area contributed by atoms with Crippen LogP contribution in [0.15, 0.2) is 60.7 Å². The molecule has 0 saturated carbocycles. The van der Waals surface area contributed by atoms with Gasteiger partial charge < -0.3 is 34.3 Å². The van der Waals surface area contributed by atoms with Crippen molar-refractivity contribution in [2.24, 2.45) is 0 Å². The molecule has 0 bridgehead atoms. The molecule has 10 nitrogen and oxygen atoms in total. The third kappa shape index (κ3) is 8.61. The second-order valence-corrected chi connectivity index (χ2v) is 12.5. The van der Waals surface area contributed by atoms with Crippen molar-refractivity contribution in [2.45, 2.75) is 95.6 Å². The number of alkyl carbamates (subject to hydrolysis) is 1. The summed E-state index contributed by atoms with van der Waals surface area (Å²) >= 11 is 0. The summed E-state index contributed by atoms with van der Waals surface area (Å²) in [5.74, 6) is -1.02. The van der Waals surface area contributed by atoms with Crippen molar-refractivity contribution < 1.29 is 33.2 Å². The van der Waals surface area contributed by atoms with E-state index in [9.17, 15) is 14.4 Å². The monoisotopic (exact) mass is 607 g/mol. The van der Waals surface area contributed by atoms with Crippen molar-refractivity contribution >= 4 is 25.0 Å². The number of likely N-dealkylation sites (tertiary alicyclic amines) is 1. The molecule has 0 spiro atoms. The lowest BCUT2D eigenvalue weighted by Gasteiger charge is -2.32. The molecule has 2 heterocycles. The Balaban J connectivity index is 1.46. The van der Waals surface area contributed by atoms with E-state index in [1.54, 1.807) is 12.0 Å². The summed E-state index contributed by atoms with van der Waals surface area (Å²) in [5, 5.41) is 5.91. The summed E-state index contributed by atoms with van der Waals surface area (Å²) in [6.07, 6.45) is 2.05. The highest BCUT2D eigenvalue weighted by Gasteiger charge is 2.54. The van der Waals surface area contributed by atoms with Gasteiger partial charge >= 0.3 is 13.2 Å². The van der Waals surface area contributed by atoms with Crippen LogP contribution in [0.2, 0.25) is 0 Å². The van der Waals surface area contributed by atoms with Gasteiger partial charge in [0.25, 0.3) is 0 Å². The number of hydrogen-bond donors (Lipinski definition) is 2. The topological polar surface area (TPSA) is 115 Å². The quantitative estimate of drug-likeness (QED) is 0.261. The molecule has 0 unspecified atom stereocenters. The van der Waals surface area contributed by atoms with Crippen LogP contribution in [0.4, 0.5) is 4.79 Å². The van der Waals surface area contributed by atoms with E-state index in [4.69, 9.17) is 18.8 Å². The van der Waals surface area contributed by atoms with Crippen molar-refractivity contribution in [2.75, 3.05) is 20.3 Å². The number of carbonyl (C=O) groups is 3. The minimum absolute atomic E-state index is 0.0804. The van der Waals surface area contributed by atoms with Crippen LogP contribution in [0.1, 0.15) is 64.5 Å². The summed E-state index contributed by atoms with van der Waals surface area (Å²) in [6.45, 7) is 8.93. The van der Waals surface area contributed by atoms with Gasteiger partial charge in [0.15, 0.2) is 0 Å². The first-order valence-electron chi connectivity index (χ1n) is 15.5. The van der Waals surface area contributed by atoms with Gasteiger partial charge in [0, 0.05) is 26.7 Å². The van der Waals surface area contributed by atoms with Crippen LogP contribution in [-0.4, -0.2) is 79.4 Å². The van der Waals surface area contributed by atoms with Crippen molar-refractivity contribution in [3.8, 4) is 0 Å². The molecule has 0 aliphatic carbocycles. The minimum atomic E-state index is -0.908. The number of hydrogen-bond acceptors (Lipinski definition) is 7. The molecule has 44 heavy (non-hydrogen) atoms. The second-order valence-electron chi connectivity index (χ2n) is 12.5. The molecule has 0 radical (unpaired) electrons. The predicted octanol–water partition coefficient (Wildman–Crippen LogP) is 4.06. The van der Waals surface area contributed by atoms with E-state index in [2.05, 4.69) is 10.6 Å². The van der Waals surface area contributed by atoms with Gasteiger partial charge in [-0.15, -0.1) is 0 Å². The van der Waals surface area contributed by atoms with Gasteiger partial charge in [-0.3, -0.25) is 9.59 Å². The average molecular weight is 608 g/mol. The van der Waals surface area contributed by atoms with Crippen molar-refractivity contribution in [1.82, 2.24) is 15.5 Å². The molecule has 3 atom stereocenters. The first-order valence-corrected chi connectivity index (χ1v) is 15.5. The maximum absolute atomic E-state index is 14.0. The zero-order valence-electron chi connectivity index (χ0n) is 26.5. The Morgan fingerprint density at radius 3 is 2.18 bits per heavy atom. The fourth-order valence-corrected chi connectivity index (χ4v) is 5.52. The van der Waals surface area contributed by atoms with Gasteiger partial charge in [-0.1, -0.05) is 60.7 Å². The zero-order chi connectivity index (χ0) is 31.7. The highest BCUT2D eigenvalue weighted by molar-refractivity contribution is 6.48. The lowest BCUT2D eigenvalue weighted by atomic mass is 9.75. The molecule has 238 valence electrons. The zero-order valence-corrected chi connectivity index (χ0v) is 26.5. The number of carbonyl (C=O) groups excluding carboxylic acids is 3. The molecule has 2 aliphatic rings. The highest BCUT2D eigenvalue weighted by atomic mass is 16.7. The number of benzene rings is 2. The molecule has 4 rings (SSSR count). The molecular weight excluding hydrogens is 561 g/mol. The van der Waals surface area contributed by atoms with E-state index >= 15 is 0 Å². The van der Waals surface area contributed by atoms with Gasteiger partial charge in [-0.2, -0.15) is 0 Å². The number of amides is 3. The Hall–Kier alpha value is -3.41. The molecule has 3 amide bonds. The smallest absolute Gasteiger partial charge is 0.445 e. The number of rotatable bonds is 13. The molecule has 2 aromatic carbocycles. The van der Waals surface area contributed by atoms with E-state index in [0.717, 1.165) is 11.1 Å². The summed E-state index contributed by atoms with van der Waals surface area (Å²) in [6, 6.07) is 17.2. The van der Waals surface area contributed by atoms with Gasteiger partial charge in [-0.25, -0.2) is 4.79 Å². The van der Waals surface area contributed by atoms with E-state index in [-0.39, 0.29) is 24.8 Å².